The summed E-state index contributed by atoms with van der Waals surface area (Å²) in [5.74, 6) is 1.67. The van der Waals surface area contributed by atoms with Crippen molar-refractivity contribution in [3.8, 4) is 28.7 Å². The third-order valence-corrected chi connectivity index (χ3v) is 8.31. The number of hydrogen-bond acceptors (Lipinski definition) is 7. The zero-order chi connectivity index (χ0) is 31.1. The van der Waals surface area contributed by atoms with Gasteiger partial charge in [-0.15, -0.1) is 0 Å². The van der Waals surface area contributed by atoms with Gasteiger partial charge in [-0.25, -0.2) is 0 Å². The number of nitrogens with one attached hydrogen (secondary N) is 1. The molecular weight excluding hydrogens is 560 g/mol. The normalized spacial score (nSPS) is 16.9. The van der Waals surface area contributed by atoms with E-state index in [0.29, 0.717) is 40.7 Å². The average molecular weight is 603 g/mol. The number of para-hydroxylation sites is 2. The fourth-order valence-corrected chi connectivity index (χ4v) is 6.07. The minimum Gasteiger partial charge on any atom is -0.493 e. The van der Waals surface area contributed by atoms with Crippen LogP contribution in [0.4, 0.5) is 0 Å². The SMILES string of the molecule is COc1cc(C(C(=O)NC2CCCCC2)N(CCc2cccc(C)c2)C(=O)C2COc3ccccc3O2)cc(OC)c1OC. The molecule has 1 aliphatic heterocycles. The molecule has 1 fully saturated rings. The first-order chi connectivity index (χ1) is 21.4. The van der Waals surface area contributed by atoms with Crippen LogP contribution in [0.5, 0.6) is 28.7 Å². The molecule has 234 valence electrons. The third-order valence-electron chi connectivity index (χ3n) is 8.31. The number of amides is 2. The van der Waals surface area contributed by atoms with Gasteiger partial charge in [0.2, 0.25) is 17.8 Å². The fourth-order valence-electron chi connectivity index (χ4n) is 6.07. The maximum absolute atomic E-state index is 14.5. The minimum atomic E-state index is -0.997. The highest BCUT2D eigenvalue weighted by atomic mass is 16.6. The van der Waals surface area contributed by atoms with E-state index >= 15 is 0 Å². The number of ether oxygens (including phenoxy) is 5. The van der Waals surface area contributed by atoms with Gasteiger partial charge in [-0.1, -0.05) is 61.2 Å². The van der Waals surface area contributed by atoms with Gasteiger partial charge in [0.25, 0.3) is 5.91 Å². The molecule has 9 nitrogen and oxygen atoms in total. The average Bonchev–Trinajstić information content (AvgIpc) is 3.05. The van der Waals surface area contributed by atoms with Crippen molar-refractivity contribution in [2.45, 2.75) is 63.6 Å². The second-order valence-electron chi connectivity index (χ2n) is 11.3. The van der Waals surface area contributed by atoms with E-state index in [9.17, 15) is 9.59 Å². The van der Waals surface area contributed by atoms with Crippen LogP contribution in [0.2, 0.25) is 0 Å². The lowest BCUT2D eigenvalue weighted by atomic mass is 9.94. The number of nitrogens with zero attached hydrogens (tertiary/aromatic N) is 1. The van der Waals surface area contributed by atoms with Crippen LogP contribution in [0.1, 0.15) is 54.8 Å². The summed E-state index contributed by atoms with van der Waals surface area (Å²) in [5, 5.41) is 3.26. The number of rotatable bonds is 11. The number of carbonyl (C=O) groups is 2. The monoisotopic (exact) mass is 602 g/mol. The molecule has 0 saturated heterocycles. The molecule has 0 aromatic heterocycles. The van der Waals surface area contributed by atoms with Crippen molar-refractivity contribution in [1.29, 1.82) is 0 Å². The van der Waals surface area contributed by atoms with Gasteiger partial charge in [0.15, 0.2) is 23.0 Å². The standard InChI is InChI=1S/C35H42N2O7/c1-23-11-10-12-24(19-23)17-18-37(35(39)31-22-43-27-15-8-9-16-28(27)44-31)32(34(38)36-26-13-6-5-7-14-26)25-20-29(40-2)33(42-4)30(21-25)41-3/h8-12,15-16,19-21,26,31-32H,5-7,13-14,17-18,22H2,1-4H3,(H,36,38). The van der Waals surface area contributed by atoms with Crippen molar-refractivity contribution in [3.05, 3.63) is 77.4 Å². The second-order valence-corrected chi connectivity index (χ2v) is 11.3. The molecule has 0 bridgehead atoms. The van der Waals surface area contributed by atoms with Crippen molar-refractivity contribution in [3.63, 3.8) is 0 Å². The lowest BCUT2D eigenvalue weighted by Gasteiger charge is -2.36. The van der Waals surface area contributed by atoms with Crippen LogP contribution in [0.15, 0.2) is 60.7 Å². The van der Waals surface area contributed by atoms with Crippen molar-refractivity contribution >= 4 is 11.8 Å². The second kappa shape index (κ2) is 14.4. The van der Waals surface area contributed by atoms with Crippen LogP contribution >= 0.6 is 0 Å². The van der Waals surface area contributed by atoms with Crippen molar-refractivity contribution in [2.24, 2.45) is 0 Å². The van der Waals surface area contributed by atoms with Crippen LogP contribution in [0.3, 0.4) is 0 Å². The lowest BCUT2D eigenvalue weighted by Crippen LogP contribution is -2.53. The Bertz CT molecular complexity index is 1430. The lowest BCUT2D eigenvalue weighted by molar-refractivity contribution is -0.148. The van der Waals surface area contributed by atoms with E-state index in [1.807, 2.05) is 43.3 Å². The van der Waals surface area contributed by atoms with E-state index in [4.69, 9.17) is 23.7 Å². The molecule has 44 heavy (non-hydrogen) atoms. The summed E-state index contributed by atoms with van der Waals surface area (Å²) in [4.78, 5) is 30.5. The topological polar surface area (TPSA) is 95.6 Å². The summed E-state index contributed by atoms with van der Waals surface area (Å²) < 4.78 is 29.0. The molecule has 2 amide bonds. The van der Waals surface area contributed by atoms with Crippen LogP contribution in [0, 0.1) is 6.92 Å². The first-order valence-corrected chi connectivity index (χ1v) is 15.3. The van der Waals surface area contributed by atoms with E-state index in [1.54, 1.807) is 23.1 Å². The van der Waals surface area contributed by atoms with Crippen molar-refractivity contribution in [1.82, 2.24) is 10.2 Å². The number of hydrogen-bond donors (Lipinski definition) is 1. The Kier molecular flexibility index (Phi) is 10.1. The van der Waals surface area contributed by atoms with Crippen LogP contribution in [0.25, 0.3) is 0 Å². The van der Waals surface area contributed by atoms with E-state index in [2.05, 4.69) is 11.4 Å². The first kappa shape index (κ1) is 31.0. The summed E-state index contributed by atoms with van der Waals surface area (Å²) in [6, 6.07) is 18.0. The molecule has 0 radical (unpaired) electrons. The molecule has 2 atom stereocenters. The fraction of sp³-hybridized carbons (Fsp3) is 0.429. The molecule has 2 unspecified atom stereocenters. The van der Waals surface area contributed by atoms with Gasteiger partial charge < -0.3 is 33.9 Å². The van der Waals surface area contributed by atoms with E-state index in [-0.39, 0.29) is 31.0 Å². The molecule has 9 heteroatoms. The Morgan fingerprint density at radius 1 is 0.909 bits per heavy atom. The summed E-state index contributed by atoms with van der Waals surface area (Å²) in [5.41, 5.74) is 2.73. The molecule has 3 aromatic carbocycles. The zero-order valence-corrected chi connectivity index (χ0v) is 26.0. The Hall–Kier alpha value is -4.40. The number of aryl methyl sites for hydroxylation is 1. The van der Waals surface area contributed by atoms with Gasteiger partial charge in [0.1, 0.15) is 12.6 Å². The zero-order valence-electron chi connectivity index (χ0n) is 26.0. The predicted octanol–water partition coefficient (Wildman–Crippen LogP) is 5.42. The Morgan fingerprint density at radius 3 is 2.27 bits per heavy atom. The van der Waals surface area contributed by atoms with Gasteiger partial charge in [-0.2, -0.15) is 0 Å². The maximum Gasteiger partial charge on any atom is 0.268 e. The highest BCUT2D eigenvalue weighted by Crippen LogP contribution is 2.41. The summed E-state index contributed by atoms with van der Waals surface area (Å²) >= 11 is 0. The largest absolute Gasteiger partial charge is 0.493 e. The Morgan fingerprint density at radius 2 is 1.61 bits per heavy atom. The first-order valence-electron chi connectivity index (χ1n) is 15.3. The Balaban J connectivity index is 1.56. The molecule has 1 saturated carbocycles. The number of benzene rings is 3. The molecule has 3 aromatic rings. The summed E-state index contributed by atoms with van der Waals surface area (Å²) in [7, 11) is 4.59. The highest BCUT2D eigenvalue weighted by Gasteiger charge is 2.39. The molecule has 1 aliphatic carbocycles. The summed E-state index contributed by atoms with van der Waals surface area (Å²) in [6.45, 7) is 2.33. The van der Waals surface area contributed by atoms with Gasteiger partial charge in [0.05, 0.1) is 21.3 Å². The third kappa shape index (κ3) is 7.04. The van der Waals surface area contributed by atoms with Gasteiger partial charge >= 0.3 is 0 Å². The highest BCUT2D eigenvalue weighted by molar-refractivity contribution is 5.91. The summed E-state index contributed by atoms with van der Waals surface area (Å²) in [6.07, 6.45) is 4.68. The quantitative estimate of drug-likeness (QED) is 0.313. The van der Waals surface area contributed by atoms with E-state index in [0.717, 1.165) is 43.2 Å². The van der Waals surface area contributed by atoms with Crippen molar-refractivity contribution in [2.75, 3.05) is 34.5 Å². The maximum atomic E-state index is 14.5. The molecule has 1 N–H and O–H groups in total. The predicted molar refractivity (Wildman–Crippen MR) is 167 cm³/mol. The van der Waals surface area contributed by atoms with E-state index in [1.165, 1.54) is 21.3 Å². The van der Waals surface area contributed by atoms with Crippen LogP contribution < -0.4 is 29.0 Å². The van der Waals surface area contributed by atoms with Crippen LogP contribution in [-0.4, -0.2) is 63.3 Å². The van der Waals surface area contributed by atoms with Crippen molar-refractivity contribution < 1.29 is 33.3 Å². The molecule has 1 heterocycles. The minimum absolute atomic E-state index is 0.0308. The molecular formula is C35H42N2O7. The molecule has 0 spiro atoms. The van der Waals surface area contributed by atoms with Gasteiger partial charge in [-0.05, 0) is 61.6 Å². The van der Waals surface area contributed by atoms with Gasteiger partial charge in [-0.3, -0.25) is 9.59 Å². The Labute approximate surface area is 259 Å². The van der Waals surface area contributed by atoms with E-state index < -0.39 is 12.1 Å². The van der Waals surface area contributed by atoms with Crippen LogP contribution in [-0.2, 0) is 16.0 Å². The number of fused-ring (bicyclic) bond motifs is 1. The number of carbonyl (C=O) groups excluding carboxylic acids is 2. The molecule has 5 rings (SSSR count). The smallest absolute Gasteiger partial charge is 0.268 e. The number of methoxy groups -OCH3 is 3. The molecule has 2 aliphatic rings. The van der Waals surface area contributed by atoms with Gasteiger partial charge in [0, 0.05) is 12.6 Å².